The number of carbonyl (C=O) groups is 3. The summed E-state index contributed by atoms with van der Waals surface area (Å²) >= 11 is 0.939. The summed E-state index contributed by atoms with van der Waals surface area (Å²) in [6.07, 6.45) is 0.324. The molecule has 0 radical (unpaired) electrons. The first-order valence-corrected chi connectivity index (χ1v) is 9.05. The van der Waals surface area contributed by atoms with E-state index in [1.807, 2.05) is 0 Å². The van der Waals surface area contributed by atoms with E-state index >= 15 is 0 Å². The van der Waals surface area contributed by atoms with Crippen LogP contribution in [0.2, 0.25) is 0 Å². The van der Waals surface area contributed by atoms with E-state index in [1.165, 1.54) is 19.2 Å². The molecule has 140 valence electrons. The second-order valence-electron chi connectivity index (χ2n) is 5.93. The second kappa shape index (κ2) is 8.22. The fraction of sp³-hybridized carbons (Fsp3) is 0.211. The molecule has 1 aliphatic heterocycles. The lowest BCUT2D eigenvalue weighted by Crippen LogP contribution is -2.26. The highest BCUT2D eigenvalue weighted by Crippen LogP contribution is 2.26. The summed E-state index contributed by atoms with van der Waals surface area (Å²) in [6.45, 7) is 0.238. The van der Waals surface area contributed by atoms with Crippen LogP contribution in [0, 0.1) is 5.82 Å². The van der Waals surface area contributed by atoms with Crippen LogP contribution in [0.3, 0.4) is 0 Å². The van der Waals surface area contributed by atoms with Gasteiger partial charge in [0.15, 0.2) is 0 Å². The van der Waals surface area contributed by atoms with Gasteiger partial charge in [0.05, 0.1) is 17.9 Å². The third-order valence-corrected chi connectivity index (χ3v) is 5.04. The Labute approximate surface area is 159 Å². The van der Waals surface area contributed by atoms with Crippen LogP contribution >= 0.6 is 11.8 Å². The summed E-state index contributed by atoms with van der Waals surface area (Å²) < 4.78 is 18.2. The number of hydrogen-bond acceptors (Lipinski definition) is 5. The molecular formula is C19H17FN2O4S. The number of benzene rings is 2. The molecule has 1 saturated heterocycles. The van der Waals surface area contributed by atoms with Crippen LogP contribution in [0.4, 0.5) is 9.18 Å². The molecule has 0 spiro atoms. The van der Waals surface area contributed by atoms with Gasteiger partial charge in [-0.2, -0.15) is 0 Å². The van der Waals surface area contributed by atoms with Gasteiger partial charge in [-0.25, -0.2) is 4.39 Å². The number of halogens is 1. The van der Waals surface area contributed by atoms with Gasteiger partial charge in [-0.1, -0.05) is 30.0 Å². The van der Waals surface area contributed by atoms with Crippen molar-refractivity contribution in [3.8, 4) is 5.75 Å². The van der Waals surface area contributed by atoms with Crippen LogP contribution in [-0.4, -0.2) is 29.4 Å². The lowest BCUT2D eigenvalue weighted by Gasteiger charge is -2.12. The van der Waals surface area contributed by atoms with Crippen LogP contribution < -0.4 is 15.4 Å². The van der Waals surface area contributed by atoms with Crippen molar-refractivity contribution in [1.82, 2.24) is 10.6 Å². The average molecular weight is 388 g/mol. The summed E-state index contributed by atoms with van der Waals surface area (Å²) in [7, 11) is 1.46. The van der Waals surface area contributed by atoms with Gasteiger partial charge >= 0.3 is 0 Å². The first-order chi connectivity index (χ1) is 13.0. The highest BCUT2D eigenvalue weighted by atomic mass is 32.2. The number of hydrogen-bond donors (Lipinski definition) is 2. The molecule has 3 amide bonds. The second-order valence-corrected chi connectivity index (χ2v) is 7.11. The van der Waals surface area contributed by atoms with E-state index in [9.17, 15) is 18.8 Å². The molecule has 2 aromatic carbocycles. The largest absolute Gasteiger partial charge is 0.496 e. The molecule has 1 heterocycles. The molecule has 2 aromatic rings. The minimum Gasteiger partial charge on any atom is -0.496 e. The van der Waals surface area contributed by atoms with Crippen LogP contribution in [0.15, 0.2) is 42.5 Å². The minimum absolute atomic E-state index is 0.238. The molecule has 8 heteroatoms. The van der Waals surface area contributed by atoms with Crippen molar-refractivity contribution in [3.63, 3.8) is 0 Å². The molecule has 0 saturated carbocycles. The standard InChI is InChI=1S/C19H17FN2O4S/c1-26-15-7-4-12(9-16-18(24)22-19(25)27-16)8-14(15)17(23)21-10-11-2-5-13(20)6-3-11/h2-8,16H,9-10H2,1H3,(H,21,23)(H,22,24,25). The van der Waals surface area contributed by atoms with Crippen LogP contribution in [0.25, 0.3) is 0 Å². The SMILES string of the molecule is COc1ccc(CC2SC(=O)NC2=O)cc1C(=O)NCc1ccc(F)cc1. The molecule has 3 rings (SSSR count). The molecule has 6 nitrogen and oxygen atoms in total. The van der Waals surface area contributed by atoms with Crippen LogP contribution in [0.1, 0.15) is 21.5 Å². The highest BCUT2D eigenvalue weighted by Gasteiger charge is 2.31. The van der Waals surface area contributed by atoms with Gasteiger partial charge in [0, 0.05) is 6.54 Å². The van der Waals surface area contributed by atoms with Gasteiger partial charge in [-0.3, -0.25) is 19.7 Å². The van der Waals surface area contributed by atoms with Crippen molar-refractivity contribution in [2.24, 2.45) is 0 Å². The van der Waals surface area contributed by atoms with E-state index in [0.29, 0.717) is 17.7 Å². The summed E-state index contributed by atoms with van der Waals surface area (Å²) in [5.41, 5.74) is 1.83. The Morgan fingerprint density at radius 1 is 1.19 bits per heavy atom. The molecule has 1 unspecified atom stereocenters. The number of amides is 3. The van der Waals surface area contributed by atoms with Crippen molar-refractivity contribution in [2.75, 3.05) is 7.11 Å². The Hall–Kier alpha value is -2.87. The van der Waals surface area contributed by atoms with Crippen molar-refractivity contribution >= 4 is 28.8 Å². The third kappa shape index (κ3) is 4.65. The van der Waals surface area contributed by atoms with Crippen molar-refractivity contribution in [2.45, 2.75) is 18.2 Å². The Kier molecular flexibility index (Phi) is 5.75. The fourth-order valence-corrected chi connectivity index (χ4v) is 3.54. The molecule has 1 atom stereocenters. The summed E-state index contributed by atoms with van der Waals surface area (Å²) in [6, 6.07) is 10.9. The quantitative estimate of drug-likeness (QED) is 0.795. The smallest absolute Gasteiger partial charge is 0.286 e. The topological polar surface area (TPSA) is 84.5 Å². The molecule has 1 aliphatic rings. The number of ether oxygens (including phenoxy) is 1. The molecular weight excluding hydrogens is 371 g/mol. The number of rotatable bonds is 6. The average Bonchev–Trinajstić information content (AvgIpc) is 2.98. The van der Waals surface area contributed by atoms with Crippen LogP contribution in [-0.2, 0) is 17.8 Å². The predicted octanol–water partition coefficient (Wildman–Crippen LogP) is 2.66. The molecule has 1 fully saturated rings. The first kappa shape index (κ1) is 18.9. The minimum atomic E-state index is -0.513. The van der Waals surface area contributed by atoms with Gasteiger partial charge in [0.1, 0.15) is 11.6 Å². The Morgan fingerprint density at radius 2 is 1.89 bits per heavy atom. The fourth-order valence-electron chi connectivity index (χ4n) is 2.68. The summed E-state index contributed by atoms with van der Waals surface area (Å²) in [5.74, 6) is -0.623. The van der Waals surface area contributed by atoms with E-state index in [2.05, 4.69) is 10.6 Å². The molecule has 27 heavy (non-hydrogen) atoms. The molecule has 0 aliphatic carbocycles. The van der Waals surface area contributed by atoms with Crippen molar-refractivity contribution in [1.29, 1.82) is 0 Å². The Bertz CT molecular complexity index is 886. The molecule has 2 N–H and O–H groups in total. The maximum absolute atomic E-state index is 13.0. The number of thioether (sulfide) groups is 1. The zero-order valence-corrected chi connectivity index (χ0v) is 15.3. The van der Waals surface area contributed by atoms with Crippen molar-refractivity contribution in [3.05, 3.63) is 65.0 Å². The lowest BCUT2D eigenvalue weighted by atomic mass is 10.0. The predicted molar refractivity (Wildman–Crippen MR) is 99.2 cm³/mol. The lowest BCUT2D eigenvalue weighted by molar-refractivity contribution is -0.118. The van der Waals surface area contributed by atoms with E-state index in [0.717, 1.165) is 22.9 Å². The maximum atomic E-state index is 13.0. The zero-order chi connectivity index (χ0) is 19.4. The van der Waals surface area contributed by atoms with Gasteiger partial charge in [0.25, 0.3) is 11.1 Å². The van der Waals surface area contributed by atoms with E-state index in [4.69, 9.17) is 4.74 Å². The first-order valence-electron chi connectivity index (χ1n) is 8.17. The van der Waals surface area contributed by atoms with E-state index in [-0.39, 0.29) is 29.4 Å². The normalized spacial score (nSPS) is 16.1. The number of carbonyl (C=O) groups excluding carboxylic acids is 3. The van der Waals surface area contributed by atoms with Gasteiger partial charge in [-0.15, -0.1) is 0 Å². The van der Waals surface area contributed by atoms with E-state index in [1.54, 1.807) is 30.3 Å². The zero-order valence-electron chi connectivity index (χ0n) is 14.5. The highest BCUT2D eigenvalue weighted by molar-refractivity contribution is 8.15. The van der Waals surface area contributed by atoms with Gasteiger partial charge < -0.3 is 10.1 Å². The van der Waals surface area contributed by atoms with Crippen molar-refractivity contribution < 1.29 is 23.5 Å². The third-order valence-electron chi connectivity index (χ3n) is 4.06. The number of nitrogens with one attached hydrogen (secondary N) is 2. The Morgan fingerprint density at radius 3 is 2.52 bits per heavy atom. The monoisotopic (exact) mass is 388 g/mol. The Balaban J connectivity index is 1.72. The number of imide groups is 1. The summed E-state index contributed by atoms with van der Waals surface area (Å²) in [5, 5.41) is 4.13. The van der Waals surface area contributed by atoms with Gasteiger partial charge in [0.2, 0.25) is 5.91 Å². The summed E-state index contributed by atoms with van der Waals surface area (Å²) in [4.78, 5) is 35.6. The molecule has 0 aromatic heterocycles. The molecule has 0 bridgehead atoms. The van der Waals surface area contributed by atoms with Gasteiger partial charge in [-0.05, 0) is 41.8 Å². The van der Waals surface area contributed by atoms with Crippen LogP contribution in [0.5, 0.6) is 5.75 Å². The van der Waals surface area contributed by atoms with E-state index < -0.39 is 5.25 Å². The maximum Gasteiger partial charge on any atom is 0.286 e. The number of methoxy groups -OCH3 is 1.